The number of halogens is 1. The summed E-state index contributed by atoms with van der Waals surface area (Å²) in [4.78, 5) is 6.83. The molecule has 1 saturated heterocycles. The Labute approximate surface area is 208 Å². The second-order valence-corrected chi connectivity index (χ2v) is 7.33. The highest BCUT2D eigenvalue weighted by Crippen LogP contribution is 2.23. The van der Waals surface area contributed by atoms with Crippen molar-refractivity contribution in [3.63, 3.8) is 0 Å². The molecule has 2 aromatic rings. The highest BCUT2D eigenvalue weighted by atomic mass is 127. The maximum absolute atomic E-state index is 5.75. The molecule has 2 aromatic carbocycles. The van der Waals surface area contributed by atoms with Crippen LogP contribution in [0.25, 0.3) is 0 Å². The Morgan fingerprint density at radius 2 is 1.75 bits per heavy atom. The minimum absolute atomic E-state index is 0. The van der Waals surface area contributed by atoms with Gasteiger partial charge in [-0.1, -0.05) is 30.3 Å². The summed E-state index contributed by atoms with van der Waals surface area (Å²) in [5.74, 6) is 2.57. The average molecular weight is 554 g/mol. The number of ether oxygens (including phenoxy) is 3. The number of morpholine rings is 1. The van der Waals surface area contributed by atoms with E-state index in [4.69, 9.17) is 14.2 Å². The van der Waals surface area contributed by atoms with Gasteiger partial charge < -0.3 is 24.8 Å². The van der Waals surface area contributed by atoms with Crippen molar-refractivity contribution in [3.8, 4) is 11.5 Å². The molecule has 1 fully saturated rings. The zero-order valence-electron chi connectivity index (χ0n) is 19.0. The number of hydrogen-bond acceptors (Lipinski definition) is 5. The highest BCUT2D eigenvalue weighted by Gasteiger charge is 2.23. The first kappa shape index (κ1) is 26.2. The molecule has 7 nitrogen and oxygen atoms in total. The van der Waals surface area contributed by atoms with Crippen LogP contribution in [0.1, 0.15) is 18.0 Å². The molecular formula is C24H35IN4O3. The first-order valence-electron chi connectivity index (χ1n) is 10.9. The van der Waals surface area contributed by atoms with Crippen molar-refractivity contribution in [1.82, 2.24) is 15.5 Å². The summed E-state index contributed by atoms with van der Waals surface area (Å²) < 4.78 is 16.6. The number of aliphatic imine (C=N–C) groups is 1. The molecule has 0 saturated carbocycles. The van der Waals surface area contributed by atoms with Crippen LogP contribution in [0, 0.1) is 0 Å². The van der Waals surface area contributed by atoms with Crippen molar-refractivity contribution in [2.24, 2.45) is 4.99 Å². The number of methoxy groups -OCH3 is 1. The zero-order valence-corrected chi connectivity index (χ0v) is 21.3. The van der Waals surface area contributed by atoms with Gasteiger partial charge in [0, 0.05) is 33.2 Å². The lowest BCUT2D eigenvalue weighted by Gasteiger charge is -2.35. The highest BCUT2D eigenvalue weighted by molar-refractivity contribution is 14.0. The van der Waals surface area contributed by atoms with Crippen LogP contribution in [0.2, 0.25) is 0 Å². The SMILES string of the molecule is CN=C(NCCCOc1ccccc1)NCC(c1ccc(OC)cc1)N1CCOCC1.I. The Morgan fingerprint density at radius 1 is 1.03 bits per heavy atom. The molecule has 0 aromatic heterocycles. The first-order chi connectivity index (χ1) is 15.3. The van der Waals surface area contributed by atoms with Gasteiger partial charge in [-0.3, -0.25) is 9.89 Å². The lowest BCUT2D eigenvalue weighted by Crippen LogP contribution is -2.46. The Hall–Kier alpha value is -2.04. The summed E-state index contributed by atoms with van der Waals surface area (Å²) in [6.45, 7) is 5.57. The van der Waals surface area contributed by atoms with E-state index >= 15 is 0 Å². The molecule has 0 amide bonds. The van der Waals surface area contributed by atoms with E-state index in [-0.39, 0.29) is 30.0 Å². The zero-order chi connectivity index (χ0) is 21.7. The maximum Gasteiger partial charge on any atom is 0.191 e. The molecule has 32 heavy (non-hydrogen) atoms. The Morgan fingerprint density at radius 3 is 2.41 bits per heavy atom. The van der Waals surface area contributed by atoms with Crippen LogP contribution in [0.5, 0.6) is 11.5 Å². The van der Waals surface area contributed by atoms with Crippen LogP contribution in [-0.2, 0) is 4.74 Å². The quantitative estimate of drug-likeness (QED) is 0.203. The van der Waals surface area contributed by atoms with Crippen LogP contribution >= 0.6 is 24.0 Å². The van der Waals surface area contributed by atoms with E-state index < -0.39 is 0 Å². The third kappa shape index (κ3) is 8.48. The predicted octanol–water partition coefficient (Wildman–Crippen LogP) is 3.32. The van der Waals surface area contributed by atoms with Crippen molar-refractivity contribution in [3.05, 3.63) is 60.2 Å². The van der Waals surface area contributed by atoms with Gasteiger partial charge in [-0.15, -0.1) is 24.0 Å². The number of nitrogens with zero attached hydrogens (tertiary/aromatic N) is 2. The fraction of sp³-hybridized carbons (Fsp3) is 0.458. The maximum atomic E-state index is 5.75. The van der Waals surface area contributed by atoms with Gasteiger partial charge >= 0.3 is 0 Å². The lowest BCUT2D eigenvalue weighted by atomic mass is 10.0. The largest absolute Gasteiger partial charge is 0.497 e. The second-order valence-electron chi connectivity index (χ2n) is 7.33. The van der Waals surface area contributed by atoms with Crippen molar-refractivity contribution in [1.29, 1.82) is 0 Å². The summed E-state index contributed by atoms with van der Waals surface area (Å²) in [5, 5.41) is 6.87. The summed E-state index contributed by atoms with van der Waals surface area (Å²) in [6, 6.07) is 18.4. The van der Waals surface area contributed by atoms with Gasteiger partial charge in [0.15, 0.2) is 5.96 Å². The van der Waals surface area contributed by atoms with Gasteiger partial charge in [-0.05, 0) is 36.2 Å². The van der Waals surface area contributed by atoms with E-state index in [1.807, 2.05) is 42.5 Å². The van der Waals surface area contributed by atoms with Gasteiger partial charge in [0.05, 0.1) is 33.0 Å². The van der Waals surface area contributed by atoms with Crippen LogP contribution in [0.15, 0.2) is 59.6 Å². The van der Waals surface area contributed by atoms with Crippen molar-refractivity contribution >= 4 is 29.9 Å². The van der Waals surface area contributed by atoms with E-state index in [2.05, 4.69) is 32.7 Å². The molecule has 1 heterocycles. The van der Waals surface area contributed by atoms with Gasteiger partial charge in [-0.25, -0.2) is 0 Å². The lowest BCUT2D eigenvalue weighted by molar-refractivity contribution is 0.0170. The number of nitrogens with one attached hydrogen (secondary N) is 2. The van der Waals surface area contributed by atoms with Crippen LogP contribution in [-0.4, -0.2) is 71.0 Å². The normalized spacial score (nSPS) is 15.4. The Kier molecular flexibility index (Phi) is 12.2. The number of hydrogen-bond donors (Lipinski definition) is 2. The van der Waals surface area contributed by atoms with Crippen molar-refractivity contribution in [2.45, 2.75) is 12.5 Å². The summed E-state index contributed by atoms with van der Waals surface area (Å²) in [6.07, 6.45) is 0.890. The molecule has 1 atom stereocenters. The fourth-order valence-corrected chi connectivity index (χ4v) is 3.57. The second kappa shape index (κ2) is 14.9. The standard InChI is InChI=1S/C24H34N4O3.HI/c1-25-24(26-13-6-16-31-22-7-4-3-5-8-22)27-19-23(28-14-17-30-18-15-28)20-9-11-21(29-2)12-10-20;/h3-5,7-12,23H,6,13-19H2,1-2H3,(H2,25,26,27);1H. The van der Waals surface area contributed by atoms with Gasteiger partial charge in [0.25, 0.3) is 0 Å². The summed E-state index contributed by atoms with van der Waals surface area (Å²) in [5.41, 5.74) is 1.25. The molecule has 2 N–H and O–H groups in total. The molecule has 8 heteroatoms. The van der Waals surface area contributed by atoms with Gasteiger partial charge in [-0.2, -0.15) is 0 Å². The number of benzene rings is 2. The van der Waals surface area contributed by atoms with Crippen molar-refractivity contribution < 1.29 is 14.2 Å². The smallest absolute Gasteiger partial charge is 0.191 e. The van der Waals surface area contributed by atoms with Crippen molar-refractivity contribution in [2.75, 3.05) is 60.2 Å². The first-order valence-corrected chi connectivity index (χ1v) is 10.9. The molecular weight excluding hydrogens is 519 g/mol. The minimum atomic E-state index is 0. The Bertz CT molecular complexity index is 784. The van der Waals surface area contributed by atoms with E-state index in [1.54, 1.807) is 14.2 Å². The van der Waals surface area contributed by atoms with E-state index in [9.17, 15) is 0 Å². The molecule has 176 valence electrons. The number of rotatable bonds is 10. The molecule has 1 aliphatic rings. The molecule has 3 rings (SSSR count). The van der Waals surface area contributed by atoms with E-state index in [0.29, 0.717) is 6.61 Å². The van der Waals surface area contributed by atoms with Gasteiger partial charge in [0.2, 0.25) is 0 Å². The van der Waals surface area contributed by atoms with Crippen LogP contribution in [0.4, 0.5) is 0 Å². The molecule has 1 unspecified atom stereocenters. The molecule has 0 spiro atoms. The van der Waals surface area contributed by atoms with E-state index in [0.717, 1.165) is 63.3 Å². The molecule has 0 bridgehead atoms. The third-order valence-corrected chi connectivity index (χ3v) is 5.30. The van der Waals surface area contributed by atoms with Crippen LogP contribution in [0.3, 0.4) is 0 Å². The number of guanidine groups is 1. The molecule has 1 aliphatic heterocycles. The molecule has 0 aliphatic carbocycles. The monoisotopic (exact) mass is 554 g/mol. The predicted molar refractivity (Wildman–Crippen MR) is 139 cm³/mol. The fourth-order valence-electron chi connectivity index (χ4n) is 3.57. The van der Waals surface area contributed by atoms with Crippen LogP contribution < -0.4 is 20.1 Å². The van der Waals surface area contributed by atoms with Gasteiger partial charge in [0.1, 0.15) is 11.5 Å². The third-order valence-electron chi connectivity index (χ3n) is 5.30. The molecule has 0 radical (unpaired) electrons. The summed E-state index contributed by atoms with van der Waals surface area (Å²) >= 11 is 0. The summed E-state index contributed by atoms with van der Waals surface area (Å²) in [7, 11) is 3.49. The minimum Gasteiger partial charge on any atom is -0.497 e. The number of para-hydroxylation sites is 1. The topological polar surface area (TPSA) is 67.4 Å². The Balaban J connectivity index is 0.00000363. The average Bonchev–Trinajstić information content (AvgIpc) is 2.84. The van der Waals surface area contributed by atoms with E-state index in [1.165, 1.54) is 5.56 Å².